The van der Waals surface area contributed by atoms with E-state index in [1.54, 1.807) is 62.3 Å². The number of alkyl carbamates (subject to hydrolysis) is 2. The van der Waals surface area contributed by atoms with Crippen LogP contribution in [0.2, 0.25) is 0 Å². The van der Waals surface area contributed by atoms with Crippen molar-refractivity contribution < 1.29 is 121 Å². The molecule has 0 unspecified atom stereocenters. The van der Waals surface area contributed by atoms with Gasteiger partial charge in [0.1, 0.15) is 70.3 Å². The molecule has 10 rings (SSSR count). The van der Waals surface area contributed by atoms with Crippen molar-refractivity contribution in [3.05, 3.63) is 59.2 Å². The first kappa shape index (κ1) is 72.5. The number of ether oxygens (including phenoxy) is 6. The first-order chi connectivity index (χ1) is 41.9. The number of pyridine rings is 2. The number of nitrogens with one attached hydrogen (secondary N) is 2. The Balaban J connectivity index is 0.000000253. The number of rotatable bonds is 6. The van der Waals surface area contributed by atoms with Crippen LogP contribution in [0.3, 0.4) is 0 Å². The molecule has 6 aliphatic rings. The van der Waals surface area contributed by atoms with Crippen molar-refractivity contribution in [3.63, 3.8) is 0 Å². The van der Waals surface area contributed by atoms with E-state index in [4.69, 9.17) is 28.4 Å². The minimum absolute atomic E-state index is 0. The summed E-state index contributed by atoms with van der Waals surface area (Å²) in [7, 11) is 2.85. The van der Waals surface area contributed by atoms with Crippen LogP contribution in [-0.4, -0.2) is 132 Å². The zero-order valence-corrected chi connectivity index (χ0v) is 55.9. The minimum atomic E-state index is -3.64. The number of carbonyl (C=O) groups is 4. The van der Waals surface area contributed by atoms with Gasteiger partial charge in [0, 0.05) is 78.8 Å². The summed E-state index contributed by atoms with van der Waals surface area (Å²) in [6.45, 7) is 15.6. The molecule has 4 bridgehead atoms. The predicted molar refractivity (Wildman–Crippen MR) is 314 cm³/mol. The molecule has 2 aromatic carbocycles. The van der Waals surface area contributed by atoms with E-state index in [2.05, 4.69) is 20.6 Å². The average molecular weight is 1350 g/mol. The number of amides is 4. The van der Waals surface area contributed by atoms with Crippen LogP contribution < -0.4 is 29.6 Å². The number of aromatic nitrogens is 2. The maximum absolute atomic E-state index is 16.1. The largest absolute Gasteiger partial charge is 0.540 e. The molecule has 2 saturated carbocycles. The van der Waals surface area contributed by atoms with E-state index < -0.39 is 148 Å². The second kappa shape index (κ2) is 28.3. The normalized spacial score (nSPS) is 29.3. The van der Waals surface area contributed by atoms with Crippen LogP contribution in [0.25, 0.3) is 21.8 Å². The standard InChI is InChI=1S/C33H41F3N3O6.C32H39F3N3O6.2V/c1-7-20-23(17-40)39-16-24(20)44-28-25(26(34)21-12-11-19(43-6)14-22(21)37-28)33(35,36)13-9-8-10-18-15-32(18,5)45-30(42)38-27(29(39)41)31(2,3)4;1-6-19-22(16-39)38-15-24(19)43-28-25(26(33)20-11-10-18(42-5)14-21(20)36-28)32(34,35)12-8-7-9-17-13-23(17)44-30(41)37-27(29(38)40)31(2,3)4;;/h11-12,14,18,20,23-24,27H,7-10,13,15-16H2,1-6H3,(H,38,42);10-11,14,17,19,22-24,27H,6-9,12-13,15H2,1-5H3,(H,37,41);;/q2*-1;;/t18-,20+,23-,24+,27-,32-;17-,19+,22-,23-,24+,27-;;/m11../s1. The van der Waals surface area contributed by atoms with Gasteiger partial charge in [-0.05, 0) is 98.3 Å². The molecular weight excluding hydrogens is 1270 g/mol. The SMILES string of the molecule is CC[C@@H]1[C@@H]2CN(C(=O)[C@H](C(C)(C)C)NC(=O)O[C@@H]3C[C@H]3CCCCC(F)(F)c3c(nc4cc(OC)ccc4c3F)O2)[C@@H]1[C-]=O.CC[C@@H]1[C@@H]2CN(C(=O)[C@H](C(C)(C)C)NC(=O)O[C@]3(C)C[C@H]3CCCCC(F)(F)c3c(nc4cc(OC)ccc4c3F)O2)[C@@H]1[C-]=O.[V].[V]. The van der Waals surface area contributed by atoms with Crippen LogP contribution >= 0.6 is 0 Å². The summed E-state index contributed by atoms with van der Waals surface area (Å²) in [4.78, 5) is 89.8. The summed E-state index contributed by atoms with van der Waals surface area (Å²) in [5.74, 6) is -12.5. The number of nitrogens with zero attached hydrogens (tertiary/aromatic N) is 4. The Labute approximate surface area is 550 Å². The van der Waals surface area contributed by atoms with E-state index in [1.165, 1.54) is 60.4 Å². The Morgan fingerprint density at radius 3 is 1.47 bits per heavy atom. The first-order valence-electron chi connectivity index (χ1n) is 30.7. The number of hydrogen-bond acceptors (Lipinski definition) is 14. The van der Waals surface area contributed by atoms with E-state index in [9.17, 15) is 28.8 Å². The summed E-state index contributed by atoms with van der Waals surface area (Å²) < 4.78 is 130. The third kappa shape index (κ3) is 15.3. The number of benzene rings is 2. The molecule has 12 atom stereocenters. The smallest absolute Gasteiger partial charge is 0.408 e. The second-order valence-corrected chi connectivity index (χ2v) is 26.9. The van der Waals surface area contributed by atoms with Crippen molar-refractivity contribution in [3.8, 4) is 23.3 Å². The summed E-state index contributed by atoms with van der Waals surface area (Å²) >= 11 is 0. The molecule has 2 aromatic heterocycles. The molecule has 2 saturated heterocycles. The van der Waals surface area contributed by atoms with Crippen LogP contribution in [0, 0.1) is 46.1 Å². The molecule has 2 N–H and O–H groups in total. The zero-order valence-electron chi connectivity index (χ0n) is 53.1. The maximum Gasteiger partial charge on any atom is 0.408 e. The Bertz CT molecular complexity index is 3360. The molecule has 6 heterocycles. The molecule has 0 spiro atoms. The van der Waals surface area contributed by atoms with Gasteiger partial charge in [-0.3, -0.25) is 9.59 Å². The van der Waals surface area contributed by atoms with Crippen molar-refractivity contribution >= 4 is 58.4 Å². The van der Waals surface area contributed by atoms with Crippen molar-refractivity contribution in [2.45, 2.75) is 199 Å². The maximum atomic E-state index is 16.1. The second-order valence-electron chi connectivity index (χ2n) is 26.9. The molecule has 4 aromatic rings. The molecule has 2 aliphatic carbocycles. The first-order valence-corrected chi connectivity index (χ1v) is 30.7. The van der Waals surface area contributed by atoms with Gasteiger partial charge < -0.3 is 58.4 Å². The van der Waals surface area contributed by atoms with E-state index in [0.29, 0.717) is 62.9 Å². The van der Waals surface area contributed by atoms with Gasteiger partial charge in [-0.25, -0.2) is 58.5 Å². The molecule has 496 valence electrons. The Morgan fingerprint density at radius 1 is 0.637 bits per heavy atom. The summed E-state index contributed by atoms with van der Waals surface area (Å²) in [5.41, 5.74) is -4.12. The van der Waals surface area contributed by atoms with E-state index >= 15 is 26.3 Å². The van der Waals surface area contributed by atoms with Crippen molar-refractivity contribution in [2.75, 3.05) is 27.3 Å². The third-order valence-electron chi connectivity index (χ3n) is 18.5. The zero-order chi connectivity index (χ0) is 64.9. The van der Waals surface area contributed by atoms with E-state index in [0.717, 1.165) is 0 Å². The number of hydrogen-bond donors (Lipinski definition) is 2. The van der Waals surface area contributed by atoms with Crippen LogP contribution in [-0.2, 0) is 77.6 Å². The fourth-order valence-corrected chi connectivity index (χ4v) is 13.1. The summed E-state index contributed by atoms with van der Waals surface area (Å²) in [6.07, 6.45) is 2.58. The van der Waals surface area contributed by atoms with E-state index in [-0.39, 0.29) is 103 Å². The Kier molecular flexibility index (Phi) is 22.5. The molecular formula is C65H80F6N6O12V2-2. The number of alkyl halides is 4. The topological polar surface area (TPSA) is 214 Å². The molecule has 2 radical (unpaired) electrons. The third-order valence-corrected chi connectivity index (χ3v) is 18.5. The molecule has 4 aliphatic heterocycles. The molecule has 4 fully saturated rings. The van der Waals surface area contributed by atoms with Gasteiger partial charge in [0.2, 0.25) is 23.6 Å². The molecule has 91 heavy (non-hydrogen) atoms. The fourth-order valence-electron chi connectivity index (χ4n) is 13.1. The van der Waals surface area contributed by atoms with Crippen LogP contribution in [0.15, 0.2) is 36.4 Å². The number of halogens is 6. The molecule has 4 amide bonds. The van der Waals surface area contributed by atoms with E-state index in [1.807, 2.05) is 12.6 Å². The van der Waals surface area contributed by atoms with Gasteiger partial charge in [-0.15, -0.1) is 0 Å². The van der Waals surface area contributed by atoms with Crippen LogP contribution in [0.4, 0.5) is 35.9 Å². The summed E-state index contributed by atoms with van der Waals surface area (Å²) in [5, 5.41) is 5.21. The van der Waals surface area contributed by atoms with Crippen molar-refractivity contribution in [1.82, 2.24) is 30.4 Å². The average Bonchev–Trinajstić information content (AvgIpc) is 1.72. The monoisotopic (exact) mass is 1350 g/mol. The van der Waals surface area contributed by atoms with Crippen LogP contribution in [0.1, 0.15) is 150 Å². The van der Waals surface area contributed by atoms with Gasteiger partial charge in [-0.2, -0.15) is 0 Å². The van der Waals surface area contributed by atoms with Crippen molar-refractivity contribution in [2.24, 2.45) is 34.5 Å². The van der Waals surface area contributed by atoms with Gasteiger partial charge in [0.05, 0.1) is 38.3 Å². The number of methoxy groups -OCH3 is 2. The van der Waals surface area contributed by atoms with Gasteiger partial charge in [-0.1, -0.05) is 93.2 Å². The quantitative estimate of drug-likeness (QED) is 0.136. The number of carbonyl (C=O) groups excluding carboxylic acids is 6. The number of fused-ring (bicyclic) bond motifs is 10. The van der Waals surface area contributed by atoms with Crippen molar-refractivity contribution in [1.29, 1.82) is 0 Å². The predicted octanol–water partition coefficient (Wildman–Crippen LogP) is 11.7. The Morgan fingerprint density at radius 2 is 1.07 bits per heavy atom. The van der Waals surface area contributed by atoms with Gasteiger partial charge in [0.25, 0.3) is 11.8 Å². The Hall–Kier alpha value is -5.97. The molecule has 18 nitrogen and oxygen atoms in total. The molecule has 26 heteroatoms. The fraction of sp³-hybridized carbons (Fsp3) is 0.631. The van der Waals surface area contributed by atoms with Crippen LogP contribution in [0.5, 0.6) is 23.3 Å². The minimum Gasteiger partial charge on any atom is -0.540 e. The summed E-state index contributed by atoms with van der Waals surface area (Å²) in [6, 6.07) is 4.14. The van der Waals surface area contributed by atoms with Gasteiger partial charge in [0.15, 0.2) is 0 Å². The van der Waals surface area contributed by atoms with Gasteiger partial charge >= 0.3 is 12.2 Å².